The number of hydrogen-bond donors (Lipinski definition) is 2. The largest absolute Gasteiger partial charge is 0.393 e. The number of fused-ring (bicyclic) bond motifs is 5. The van der Waals surface area contributed by atoms with E-state index in [1.807, 2.05) is 0 Å². The van der Waals surface area contributed by atoms with Gasteiger partial charge in [-0.2, -0.15) is 0 Å². The number of rotatable bonds is 1. The molecule has 4 aliphatic rings. The van der Waals surface area contributed by atoms with Crippen LogP contribution in [-0.4, -0.2) is 16.7 Å². The molecule has 0 heterocycles. The summed E-state index contributed by atoms with van der Waals surface area (Å²) in [4.78, 5) is 0. The lowest BCUT2D eigenvalue weighted by Crippen LogP contribution is -2.67. The van der Waals surface area contributed by atoms with Crippen LogP contribution in [0.5, 0.6) is 0 Å². The first kappa shape index (κ1) is 17.3. The summed E-state index contributed by atoms with van der Waals surface area (Å²) in [5.74, 6) is 4.37. The predicted molar refractivity (Wildman–Crippen MR) is 99.5 cm³/mol. The maximum absolute atomic E-state index is 10.2. The van der Waals surface area contributed by atoms with Gasteiger partial charge in [-0.25, -0.2) is 0 Å². The Morgan fingerprint density at radius 3 is 2.38 bits per heavy atom. The van der Waals surface area contributed by atoms with Crippen molar-refractivity contribution in [1.29, 1.82) is 0 Å². The standard InChI is InChI=1S/C22H39NO/c1-14(2)17-5-6-18-16-8-12-22(23)13-15(24)7-11-21(22,4)19(16)9-10-20(17,18)3/h14-19,24H,5-13,23H2,1-4H3. The van der Waals surface area contributed by atoms with Crippen molar-refractivity contribution in [3.05, 3.63) is 0 Å². The van der Waals surface area contributed by atoms with E-state index in [2.05, 4.69) is 27.7 Å². The third-order valence-electron chi connectivity index (χ3n) is 9.79. The smallest absolute Gasteiger partial charge is 0.0558 e. The van der Waals surface area contributed by atoms with Gasteiger partial charge in [-0.1, -0.05) is 27.7 Å². The van der Waals surface area contributed by atoms with Crippen molar-refractivity contribution >= 4 is 0 Å². The van der Waals surface area contributed by atoms with Crippen molar-refractivity contribution in [3.63, 3.8) is 0 Å². The first-order valence-corrected chi connectivity index (χ1v) is 10.7. The Kier molecular flexibility index (Phi) is 3.94. The van der Waals surface area contributed by atoms with Crippen LogP contribution in [0.1, 0.15) is 85.5 Å². The van der Waals surface area contributed by atoms with Gasteiger partial charge in [-0.15, -0.1) is 0 Å². The summed E-state index contributed by atoms with van der Waals surface area (Å²) in [6.07, 6.45) is 10.9. The molecule has 138 valence electrons. The van der Waals surface area contributed by atoms with E-state index in [0.717, 1.165) is 55.3 Å². The maximum Gasteiger partial charge on any atom is 0.0558 e. The predicted octanol–water partition coefficient (Wildman–Crippen LogP) is 4.74. The van der Waals surface area contributed by atoms with Gasteiger partial charge in [-0.05, 0) is 98.2 Å². The Balaban J connectivity index is 1.64. The van der Waals surface area contributed by atoms with Crippen molar-refractivity contribution in [2.24, 2.45) is 46.2 Å². The molecule has 0 aromatic heterocycles. The van der Waals surface area contributed by atoms with Gasteiger partial charge in [-0.3, -0.25) is 0 Å². The molecule has 0 bridgehead atoms. The van der Waals surface area contributed by atoms with E-state index in [1.165, 1.54) is 32.1 Å². The van der Waals surface area contributed by atoms with Crippen LogP contribution in [0.15, 0.2) is 0 Å². The van der Waals surface area contributed by atoms with Crippen molar-refractivity contribution in [3.8, 4) is 0 Å². The van der Waals surface area contributed by atoms with Crippen LogP contribution in [0.25, 0.3) is 0 Å². The topological polar surface area (TPSA) is 46.2 Å². The third kappa shape index (κ3) is 2.14. The SMILES string of the molecule is CC(C)C1CCC2C3CCC4(N)CC(O)CCC4(C)C3CCC12C. The van der Waals surface area contributed by atoms with Gasteiger partial charge in [0.2, 0.25) is 0 Å². The van der Waals surface area contributed by atoms with E-state index in [9.17, 15) is 5.11 Å². The summed E-state index contributed by atoms with van der Waals surface area (Å²) in [6, 6.07) is 0. The fraction of sp³-hybridized carbons (Fsp3) is 1.00. The van der Waals surface area contributed by atoms with E-state index in [-0.39, 0.29) is 17.1 Å². The Bertz CT molecular complexity index is 504. The van der Waals surface area contributed by atoms with Crippen LogP contribution in [0, 0.1) is 40.4 Å². The van der Waals surface area contributed by atoms with Crippen LogP contribution in [-0.2, 0) is 0 Å². The Morgan fingerprint density at radius 2 is 1.67 bits per heavy atom. The highest BCUT2D eigenvalue weighted by Crippen LogP contribution is 2.68. The van der Waals surface area contributed by atoms with E-state index >= 15 is 0 Å². The van der Waals surface area contributed by atoms with E-state index < -0.39 is 0 Å². The normalized spacial score (nSPS) is 57.4. The molecule has 4 fully saturated rings. The number of hydrogen-bond acceptors (Lipinski definition) is 2. The number of aliphatic hydroxyl groups excluding tert-OH is 1. The molecule has 0 aromatic carbocycles. The number of nitrogens with two attached hydrogens (primary N) is 1. The maximum atomic E-state index is 10.2. The van der Waals surface area contributed by atoms with E-state index in [1.54, 1.807) is 0 Å². The van der Waals surface area contributed by atoms with Crippen molar-refractivity contribution in [2.45, 2.75) is 97.1 Å². The van der Waals surface area contributed by atoms with Crippen LogP contribution >= 0.6 is 0 Å². The highest BCUT2D eigenvalue weighted by atomic mass is 16.3. The molecule has 4 rings (SSSR count). The van der Waals surface area contributed by atoms with Gasteiger partial charge < -0.3 is 10.8 Å². The first-order valence-electron chi connectivity index (χ1n) is 10.7. The minimum absolute atomic E-state index is 0.115. The first-order chi connectivity index (χ1) is 11.2. The quantitative estimate of drug-likeness (QED) is 0.728. The fourth-order valence-corrected chi connectivity index (χ4v) is 8.45. The van der Waals surface area contributed by atoms with E-state index in [4.69, 9.17) is 5.73 Å². The zero-order chi connectivity index (χ0) is 17.3. The minimum Gasteiger partial charge on any atom is -0.393 e. The zero-order valence-corrected chi connectivity index (χ0v) is 16.4. The highest BCUT2D eigenvalue weighted by molar-refractivity contribution is 5.16. The second kappa shape index (κ2) is 5.46. The molecule has 2 nitrogen and oxygen atoms in total. The second-order valence-electron chi connectivity index (χ2n) is 10.9. The molecule has 0 radical (unpaired) electrons. The summed E-state index contributed by atoms with van der Waals surface area (Å²) in [7, 11) is 0. The van der Waals surface area contributed by atoms with Crippen LogP contribution in [0.3, 0.4) is 0 Å². The minimum atomic E-state index is -0.162. The van der Waals surface area contributed by atoms with Gasteiger partial charge in [0.15, 0.2) is 0 Å². The van der Waals surface area contributed by atoms with Gasteiger partial charge >= 0.3 is 0 Å². The van der Waals surface area contributed by atoms with E-state index in [0.29, 0.717) is 5.41 Å². The molecule has 0 spiro atoms. The highest BCUT2D eigenvalue weighted by Gasteiger charge is 2.63. The molecular weight excluding hydrogens is 294 g/mol. The number of aliphatic hydroxyl groups is 1. The lowest BCUT2D eigenvalue weighted by atomic mass is 9.42. The molecule has 0 saturated heterocycles. The summed E-state index contributed by atoms with van der Waals surface area (Å²) in [6.45, 7) is 10.0. The molecule has 0 amide bonds. The van der Waals surface area contributed by atoms with Crippen molar-refractivity contribution in [2.75, 3.05) is 0 Å². The Labute approximate surface area is 149 Å². The summed E-state index contributed by atoms with van der Waals surface area (Å²) in [5, 5.41) is 10.2. The van der Waals surface area contributed by atoms with Crippen molar-refractivity contribution < 1.29 is 5.11 Å². The van der Waals surface area contributed by atoms with Gasteiger partial charge in [0, 0.05) is 5.54 Å². The van der Waals surface area contributed by atoms with Gasteiger partial charge in [0.1, 0.15) is 0 Å². The average Bonchev–Trinajstić information content (AvgIpc) is 2.86. The molecule has 8 unspecified atom stereocenters. The van der Waals surface area contributed by atoms with Gasteiger partial charge in [0.25, 0.3) is 0 Å². The Hall–Kier alpha value is -0.0800. The third-order valence-corrected chi connectivity index (χ3v) is 9.79. The molecule has 0 aliphatic heterocycles. The lowest BCUT2D eigenvalue weighted by molar-refractivity contribution is -0.140. The molecule has 0 aromatic rings. The molecule has 4 aliphatic carbocycles. The molecule has 8 atom stereocenters. The Morgan fingerprint density at radius 1 is 0.917 bits per heavy atom. The average molecular weight is 334 g/mol. The second-order valence-corrected chi connectivity index (χ2v) is 10.9. The summed E-state index contributed by atoms with van der Waals surface area (Å²) in [5.41, 5.74) is 7.70. The fourth-order valence-electron chi connectivity index (χ4n) is 8.45. The van der Waals surface area contributed by atoms with Crippen LogP contribution in [0.4, 0.5) is 0 Å². The molecule has 3 N–H and O–H groups in total. The van der Waals surface area contributed by atoms with Crippen LogP contribution in [0.2, 0.25) is 0 Å². The lowest BCUT2D eigenvalue weighted by Gasteiger charge is -2.65. The molecule has 4 saturated carbocycles. The molecule has 2 heteroatoms. The summed E-state index contributed by atoms with van der Waals surface area (Å²) < 4.78 is 0. The zero-order valence-electron chi connectivity index (χ0n) is 16.4. The molecular formula is C22H39NO. The van der Waals surface area contributed by atoms with Gasteiger partial charge in [0.05, 0.1) is 6.10 Å². The summed E-state index contributed by atoms with van der Waals surface area (Å²) >= 11 is 0. The molecule has 24 heavy (non-hydrogen) atoms. The monoisotopic (exact) mass is 333 g/mol. The van der Waals surface area contributed by atoms with Crippen LogP contribution < -0.4 is 5.73 Å². The van der Waals surface area contributed by atoms with Crippen molar-refractivity contribution in [1.82, 2.24) is 0 Å².